The molecule has 1 saturated carbocycles. The highest BCUT2D eigenvalue weighted by Crippen LogP contribution is 2.32. The summed E-state index contributed by atoms with van der Waals surface area (Å²) in [5.41, 5.74) is 8.94. The molecule has 1 rings (SSSR count). The van der Waals surface area contributed by atoms with E-state index in [1.807, 2.05) is 0 Å². The van der Waals surface area contributed by atoms with E-state index in [9.17, 15) is 4.79 Å². The maximum Gasteiger partial charge on any atom is 0.290 e. The van der Waals surface area contributed by atoms with Gasteiger partial charge in [0.05, 0.1) is 0 Å². The topological polar surface area (TPSA) is 142 Å². The van der Waals surface area contributed by atoms with E-state index in [0.29, 0.717) is 12.0 Å². The Kier molecular flexibility index (Phi) is 14.5. The highest BCUT2D eigenvalue weighted by Gasteiger charge is 2.30. The Morgan fingerprint density at radius 1 is 1.32 bits per heavy atom. The second-order valence-electron chi connectivity index (χ2n) is 5.41. The van der Waals surface area contributed by atoms with Gasteiger partial charge < -0.3 is 21.9 Å². The molecule has 0 aliphatic heterocycles. The van der Waals surface area contributed by atoms with Crippen LogP contribution < -0.4 is 16.8 Å². The maximum absolute atomic E-state index is 11.2. The van der Waals surface area contributed by atoms with Crippen LogP contribution >= 0.6 is 0 Å². The van der Waals surface area contributed by atoms with Gasteiger partial charge in [-0.3, -0.25) is 15.0 Å². The van der Waals surface area contributed by atoms with Crippen LogP contribution in [0.1, 0.15) is 59.3 Å². The zero-order chi connectivity index (χ0) is 17.5. The number of carboxylic acid groups (broad SMARTS) is 1. The molecule has 1 atom stereocenters. The molecule has 0 aromatic heterocycles. The molecular weight excluding hydrogens is 284 g/mol. The Morgan fingerprint density at radius 2 is 1.68 bits per heavy atom. The zero-order valence-electron chi connectivity index (χ0n) is 14.0. The predicted octanol–water partition coefficient (Wildman–Crippen LogP) is 1.66. The molecule has 0 saturated heterocycles. The third kappa shape index (κ3) is 12.0. The summed E-state index contributed by atoms with van der Waals surface area (Å²) in [7, 11) is 0. The molecule has 0 radical (unpaired) electrons. The van der Waals surface area contributed by atoms with Gasteiger partial charge in [0.15, 0.2) is 5.96 Å². The summed E-state index contributed by atoms with van der Waals surface area (Å²) >= 11 is 0. The highest BCUT2D eigenvalue weighted by molar-refractivity contribution is 5.73. The standard InChI is InChI=1S/C13H25NO.CH5N3.CH2O2/c1-4-11(5-2)13(14-10(3)15)12-8-6-7-9-12;2-1(3)4;2-1-3/h11-13H,4-9H2,1-3H3,(H,14,15);(H5,2,3,4);1H,(H,2,3). The molecule has 0 heterocycles. The third-order valence-electron chi connectivity index (χ3n) is 3.83. The van der Waals surface area contributed by atoms with Crippen LogP contribution in [-0.2, 0) is 9.59 Å². The van der Waals surface area contributed by atoms with Gasteiger partial charge in [-0.25, -0.2) is 0 Å². The van der Waals surface area contributed by atoms with Crippen LogP contribution in [0.15, 0.2) is 0 Å². The van der Waals surface area contributed by atoms with Crippen LogP contribution in [0, 0.1) is 17.2 Å². The van der Waals surface area contributed by atoms with Gasteiger partial charge in [0.2, 0.25) is 5.91 Å². The Balaban J connectivity index is 0. The maximum atomic E-state index is 11.2. The molecule has 0 bridgehead atoms. The Morgan fingerprint density at radius 3 is 1.95 bits per heavy atom. The smallest absolute Gasteiger partial charge is 0.290 e. The largest absolute Gasteiger partial charge is 0.483 e. The SMILES string of the molecule is CCC(CC)C(NC(C)=O)C1CCCC1.N=C(N)N.O=CO. The fourth-order valence-corrected chi connectivity index (χ4v) is 2.97. The summed E-state index contributed by atoms with van der Waals surface area (Å²) in [6, 6.07) is 0.431. The number of carbonyl (C=O) groups is 2. The van der Waals surface area contributed by atoms with Gasteiger partial charge in [-0.1, -0.05) is 39.5 Å². The van der Waals surface area contributed by atoms with E-state index >= 15 is 0 Å². The number of nitrogens with two attached hydrogens (primary N) is 2. The van der Waals surface area contributed by atoms with Crippen molar-refractivity contribution in [2.75, 3.05) is 0 Å². The lowest BCUT2D eigenvalue weighted by Crippen LogP contribution is -2.43. The molecule has 1 unspecified atom stereocenters. The molecule has 0 spiro atoms. The predicted molar refractivity (Wildman–Crippen MR) is 88.4 cm³/mol. The van der Waals surface area contributed by atoms with Gasteiger partial charge in [0, 0.05) is 13.0 Å². The molecule has 1 aliphatic carbocycles. The first kappa shape index (κ1) is 22.5. The van der Waals surface area contributed by atoms with Gasteiger partial charge in [0.1, 0.15) is 0 Å². The van der Waals surface area contributed by atoms with Crippen molar-refractivity contribution >= 4 is 18.3 Å². The van der Waals surface area contributed by atoms with Crippen LogP contribution in [0.2, 0.25) is 0 Å². The first-order valence-corrected chi connectivity index (χ1v) is 7.78. The van der Waals surface area contributed by atoms with E-state index < -0.39 is 0 Å². The summed E-state index contributed by atoms with van der Waals surface area (Å²) in [6.07, 6.45) is 7.67. The zero-order valence-corrected chi connectivity index (χ0v) is 14.0. The van der Waals surface area contributed by atoms with Gasteiger partial charge in [-0.05, 0) is 24.7 Å². The van der Waals surface area contributed by atoms with E-state index in [2.05, 4.69) is 30.6 Å². The number of hydrogen-bond donors (Lipinski definition) is 5. The summed E-state index contributed by atoms with van der Waals surface area (Å²) in [6.45, 7) is 5.86. The van der Waals surface area contributed by atoms with Crippen molar-refractivity contribution in [3.8, 4) is 0 Å². The lowest BCUT2D eigenvalue weighted by Gasteiger charge is -2.31. The van der Waals surface area contributed by atoms with Crippen molar-refractivity contribution in [2.24, 2.45) is 23.3 Å². The van der Waals surface area contributed by atoms with Crippen LogP contribution in [0.5, 0.6) is 0 Å². The first-order valence-electron chi connectivity index (χ1n) is 7.78. The van der Waals surface area contributed by atoms with Crippen molar-refractivity contribution in [3.05, 3.63) is 0 Å². The molecule has 22 heavy (non-hydrogen) atoms. The molecule has 0 aromatic rings. The fourth-order valence-electron chi connectivity index (χ4n) is 2.97. The number of rotatable bonds is 5. The quantitative estimate of drug-likeness (QED) is 0.298. The van der Waals surface area contributed by atoms with Crippen molar-refractivity contribution in [1.82, 2.24) is 5.32 Å². The van der Waals surface area contributed by atoms with E-state index in [0.717, 1.165) is 5.92 Å². The van der Waals surface area contributed by atoms with E-state index in [4.69, 9.17) is 15.3 Å². The lowest BCUT2D eigenvalue weighted by molar-refractivity contribution is -0.123. The average molecular weight is 316 g/mol. The van der Waals surface area contributed by atoms with Crippen molar-refractivity contribution < 1.29 is 14.7 Å². The minimum absolute atomic E-state index is 0.138. The van der Waals surface area contributed by atoms with Crippen LogP contribution in [0.4, 0.5) is 0 Å². The van der Waals surface area contributed by atoms with E-state index in [1.54, 1.807) is 6.92 Å². The molecule has 7 heteroatoms. The fraction of sp³-hybridized carbons (Fsp3) is 0.800. The number of carbonyl (C=O) groups excluding carboxylic acids is 1. The van der Waals surface area contributed by atoms with Crippen molar-refractivity contribution in [1.29, 1.82) is 5.41 Å². The molecule has 7 N–H and O–H groups in total. The Labute approximate surface area is 133 Å². The van der Waals surface area contributed by atoms with E-state index in [1.165, 1.54) is 38.5 Å². The summed E-state index contributed by atoms with van der Waals surface area (Å²) in [5.74, 6) is 1.20. The Bertz CT molecular complexity index is 308. The summed E-state index contributed by atoms with van der Waals surface area (Å²) < 4.78 is 0. The number of nitrogens with one attached hydrogen (secondary N) is 2. The summed E-state index contributed by atoms with van der Waals surface area (Å²) in [5, 5.41) is 16.1. The van der Waals surface area contributed by atoms with Crippen molar-refractivity contribution in [2.45, 2.75) is 65.3 Å². The first-order chi connectivity index (χ1) is 10.3. The normalized spacial score (nSPS) is 14.9. The minimum Gasteiger partial charge on any atom is -0.483 e. The van der Waals surface area contributed by atoms with Crippen LogP contribution in [-0.4, -0.2) is 29.5 Å². The summed E-state index contributed by atoms with van der Waals surface area (Å²) in [4.78, 5) is 19.6. The molecule has 130 valence electrons. The third-order valence-corrected chi connectivity index (χ3v) is 3.83. The molecule has 1 amide bonds. The number of hydrogen-bond acceptors (Lipinski definition) is 3. The molecular formula is C15H32N4O3. The van der Waals surface area contributed by atoms with Gasteiger partial charge in [0.25, 0.3) is 6.47 Å². The van der Waals surface area contributed by atoms with Gasteiger partial charge >= 0.3 is 0 Å². The molecule has 7 nitrogen and oxygen atoms in total. The number of amides is 1. The minimum atomic E-state index is -0.333. The average Bonchev–Trinajstić information content (AvgIpc) is 2.92. The van der Waals surface area contributed by atoms with Gasteiger partial charge in [-0.15, -0.1) is 0 Å². The monoisotopic (exact) mass is 316 g/mol. The lowest BCUT2D eigenvalue weighted by atomic mass is 9.84. The van der Waals surface area contributed by atoms with E-state index in [-0.39, 0.29) is 18.3 Å². The molecule has 1 fully saturated rings. The highest BCUT2D eigenvalue weighted by atomic mass is 16.3. The molecule has 0 aromatic carbocycles. The van der Waals surface area contributed by atoms with Crippen LogP contribution in [0.3, 0.4) is 0 Å². The second-order valence-corrected chi connectivity index (χ2v) is 5.41. The van der Waals surface area contributed by atoms with Crippen molar-refractivity contribution in [3.63, 3.8) is 0 Å². The Hall–Kier alpha value is -1.79. The molecule has 1 aliphatic rings. The second kappa shape index (κ2) is 14.2. The number of guanidine groups is 1. The van der Waals surface area contributed by atoms with Gasteiger partial charge in [-0.2, -0.15) is 0 Å². The van der Waals surface area contributed by atoms with Crippen LogP contribution in [0.25, 0.3) is 0 Å².